The van der Waals surface area contributed by atoms with Crippen LogP contribution in [0.5, 0.6) is 0 Å². The smallest absolute Gasteiger partial charge is 0.412 e. The number of amides is 1. The molecule has 1 aromatic rings. The molecule has 1 atom stereocenters. The van der Waals surface area contributed by atoms with Crippen LogP contribution in [0, 0.1) is 6.92 Å². The second-order valence-corrected chi connectivity index (χ2v) is 6.94. The molecule has 1 N–H and O–H groups in total. The Balaban J connectivity index is 3.17. The van der Waals surface area contributed by atoms with E-state index in [4.69, 9.17) is 14.2 Å². The van der Waals surface area contributed by atoms with Crippen molar-refractivity contribution in [2.24, 2.45) is 0 Å². The van der Waals surface area contributed by atoms with Crippen molar-refractivity contribution < 1.29 is 28.6 Å². The fraction of sp³-hybridized carbons (Fsp3) is 0.450. The van der Waals surface area contributed by atoms with Gasteiger partial charge in [0.2, 0.25) is 0 Å². The summed E-state index contributed by atoms with van der Waals surface area (Å²) in [5, 5.41) is 2.66. The van der Waals surface area contributed by atoms with Crippen LogP contribution in [0.2, 0.25) is 0 Å². The summed E-state index contributed by atoms with van der Waals surface area (Å²) in [6, 6.07) is 5.03. The van der Waals surface area contributed by atoms with E-state index < -0.39 is 29.7 Å². The Bertz CT molecular complexity index is 732. The van der Waals surface area contributed by atoms with Crippen LogP contribution in [0.25, 0.3) is 0 Å². The minimum Gasteiger partial charge on any atom is -0.463 e. The summed E-state index contributed by atoms with van der Waals surface area (Å²) in [5.74, 6) is -1.24. The number of benzene rings is 1. The summed E-state index contributed by atoms with van der Waals surface area (Å²) >= 11 is 0. The summed E-state index contributed by atoms with van der Waals surface area (Å²) in [4.78, 5) is 35.6. The van der Waals surface area contributed by atoms with Gasteiger partial charge in [-0.2, -0.15) is 0 Å². The van der Waals surface area contributed by atoms with E-state index in [1.54, 1.807) is 52.8 Å². The Morgan fingerprint density at radius 2 is 1.85 bits per heavy atom. The first-order valence-corrected chi connectivity index (χ1v) is 8.58. The molecule has 148 valence electrons. The molecule has 7 heteroatoms. The lowest BCUT2D eigenvalue weighted by Gasteiger charge is -2.22. The number of aryl methyl sites for hydroxylation is 1. The third kappa shape index (κ3) is 7.13. The fourth-order valence-electron chi connectivity index (χ4n) is 2.19. The van der Waals surface area contributed by atoms with Gasteiger partial charge in [-0.1, -0.05) is 18.7 Å². The zero-order valence-corrected chi connectivity index (χ0v) is 16.7. The largest absolute Gasteiger partial charge is 0.463 e. The Morgan fingerprint density at radius 1 is 1.22 bits per heavy atom. The molecular weight excluding hydrogens is 350 g/mol. The summed E-state index contributed by atoms with van der Waals surface area (Å²) in [7, 11) is 0. The highest BCUT2D eigenvalue weighted by atomic mass is 16.6. The van der Waals surface area contributed by atoms with E-state index in [0.29, 0.717) is 11.3 Å². The van der Waals surface area contributed by atoms with Crippen molar-refractivity contribution in [3.8, 4) is 0 Å². The van der Waals surface area contributed by atoms with Crippen LogP contribution >= 0.6 is 0 Å². The van der Waals surface area contributed by atoms with Crippen molar-refractivity contribution in [3.63, 3.8) is 0 Å². The summed E-state index contributed by atoms with van der Waals surface area (Å²) in [6.45, 7) is 13.9. The first-order valence-electron chi connectivity index (χ1n) is 8.58. The third-order valence-electron chi connectivity index (χ3n) is 3.34. The number of esters is 2. The highest BCUT2D eigenvalue weighted by molar-refractivity contribution is 5.90. The van der Waals surface area contributed by atoms with E-state index in [1.165, 1.54) is 6.92 Å². The topological polar surface area (TPSA) is 90.9 Å². The predicted molar refractivity (Wildman–Crippen MR) is 101 cm³/mol. The lowest BCUT2D eigenvalue weighted by Crippen LogP contribution is -2.27. The molecule has 0 fully saturated rings. The van der Waals surface area contributed by atoms with Crippen molar-refractivity contribution in [1.82, 2.24) is 0 Å². The maximum absolute atomic E-state index is 12.1. The van der Waals surface area contributed by atoms with Gasteiger partial charge in [-0.25, -0.2) is 9.59 Å². The number of nitrogens with one attached hydrogen (secondary N) is 1. The average molecular weight is 377 g/mol. The zero-order chi connectivity index (χ0) is 20.8. The second-order valence-electron chi connectivity index (χ2n) is 6.94. The Morgan fingerprint density at radius 3 is 2.37 bits per heavy atom. The van der Waals surface area contributed by atoms with Gasteiger partial charge in [-0.15, -0.1) is 0 Å². The third-order valence-corrected chi connectivity index (χ3v) is 3.34. The second kappa shape index (κ2) is 9.21. The molecule has 0 heterocycles. The Hall–Kier alpha value is -2.83. The molecule has 0 spiro atoms. The van der Waals surface area contributed by atoms with Gasteiger partial charge in [0.25, 0.3) is 0 Å². The van der Waals surface area contributed by atoms with Gasteiger partial charge >= 0.3 is 18.0 Å². The molecule has 1 rings (SSSR count). The molecule has 1 unspecified atom stereocenters. The molecule has 0 aliphatic heterocycles. The van der Waals surface area contributed by atoms with Crippen LogP contribution < -0.4 is 5.32 Å². The van der Waals surface area contributed by atoms with Crippen LogP contribution in [0.3, 0.4) is 0 Å². The molecule has 0 aromatic heterocycles. The van der Waals surface area contributed by atoms with E-state index in [9.17, 15) is 14.4 Å². The predicted octanol–water partition coefficient (Wildman–Crippen LogP) is 4.07. The van der Waals surface area contributed by atoms with Gasteiger partial charge in [0, 0.05) is 12.6 Å². The number of anilines is 1. The molecule has 0 aliphatic carbocycles. The molecule has 1 amide bonds. The normalized spacial score (nSPS) is 11.9. The first-order chi connectivity index (χ1) is 12.4. The fourth-order valence-corrected chi connectivity index (χ4v) is 2.19. The quantitative estimate of drug-likeness (QED) is 0.457. The van der Waals surface area contributed by atoms with Gasteiger partial charge in [-0.05, 0) is 51.8 Å². The van der Waals surface area contributed by atoms with Gasteiger partial charge in [0.05, 0.1) is 12.2 Å². The molecule has 0 radical (unpaired) electrons. The SMILES string of the molecule is C=C(C(=O)OCC)C(OC(C)=O)c1ccc(C)c(NC(=O)OC(C)(C)C)c1. The monoisotopic (exact) mass is 377 g/mol. The van der Waals surface area contributed by atoms with Crippen LogP contribution in [0.1, 0.15) is 51.8 Å². The van der Waals surface area contributed by atoms with Crippen molar-refractivity contribution in [2.75, 3.05) is 11.9 Å². The molecule has 7 nitrogen and oxygen atoms in total. The zero-order valence-electron chi connectivity index (χ0n) is 16.7. The lowest BCUT2D eigenvalue weighted by atomic mass is 10.00. The van der Waals surface area contributed by atoms with Gasteiger partial charge in [-0.3, -0.25) is 10.1 Å². The summed E-state index contributed by atoms with van der Waals surface area (Å²) < 4.78 is 15.5. The highest BCUT2D eigenvalue weighted by Crippen LogP contribution is 2.30. The van der Waals surface area contributed by atoms with Crippen LogP contribution in [-0.2, 0) is 23.8 Å². The minimum absolute atomic E-state index is 0.0147. The lowest BCUT2D eigenvalue weighted by molar-refractivity contribution is -0.147. The van der Waals surface area contributed by atoms with Crippen molar-refractivity contribution in [3.05, 3.63) is 41.5 Å². The summed E-state index contributed by atoms with van der Waals surface area (Å²) in [5.41, 5.74) is 1.05. The standard InChI is InChI=1S/C20H27NO6/c1-8-25-18(23)13(3)17(26-14(4)22)15-10-9-12(2)16(11-15)21-19(24)27-20(5,6)7/h9-11,17H,3,8H2,1-2,4-7H3,(H,21,24). The maximum atomic E-state index is 12.1. The van der Waals surface area contributed by atoms with Crippen LogP contribution in [-0.4, -0.2) is 30.2 Å². The van der Waals surface area contributed by atoms with Crippen molar-refractivity contribution in [1.29, 1.82) is 0 Å². The van der Waals surface area contributed by atoms with E-state index in [-0.39, 0.29) is 12.2 Å². The Kier molecular flexibility index (Phi) is 7.57. The van der Waals surface area contributed by atoms with Crippen LogP contribution in [0.4, 0.5) is 10.5 Å². The number of carbonyl (C=O) groups excluding carboxylic acids is 3. The van der Waals surface area contributed by atoms with E-state index in [0.717, 1.165) is 5.56 Å². The van der Waals surface area contributed by atoms with Gasteiger partial charge in [0.1, 0.15) is 5.60 Å². The Labute approximate surface area is 159 Å². The van der Waals surface area contributed by atoms with E-state index in [1.807, 2.05) is 0 Å². The molecular formula is C20H27NO6. The van der Waals surface area contributed by atoms with E-state index in [2.05, 4.69) is 11.9 Å². The molecule has 0 aliphatic rings. The number of hydrogen-bond donors (Lipinski definition) is 1. The number of carbonyl (C=O) groups is 3. The molecule has 1 aromatic carbocycles. The van der Waals surface area contributed by atoms with Gasteiger partial charge in [0.15, 0.2) is 6.10 Å². The van der Waals surface area contributed by atoms with Crippen LogP contribution in [0.15, 0.2) is 30.4 Å². The average Bonchev–Trinajstić information content (AvgIpc) is 2.52. The van der Waals surface area contributed by atoms with E-state index >= 15 is 0 Å². The molecule has 0 bridgehead atoms. The first kappa shape index (κ1) is 22.2. The van der Waals surface area contributed by atoms with Crippen molar-refractivity contribution >= 4 is 23.7 Å². The maximum Gasteiger partial charge on any atom is 0.412 e. The summed E-state index contributed by atoms with van der Waals surface area (Å²) in [6.07, 6.45) is -1.64. The number of rotatable bonds is 6. The molecule has 0 saturated carbocycles. The molecule has 27 heavy (non-hydrogen) atoms. The number of hydrogen-bond acceptors (Lipinski definition) is 6. The minimum atomic E-state index is -1.03. The van der Waals surface area contributed by atoms with Crippen molar-refractivity contribution in [2.45, 2.75) is 53.2 Å². The number of ether oxygens (including phenoxy) is 3. The van der Waals surface area contributed by atoms with Gasteiger partial charge < -0.3 is 14.2 Å². The molecule has 0 saturated heterocycles. The highest BCUT2D eigenvalue weighted by Gasteiger charge is 2.26.